The Hall–Kier alpha value is -3.14. The van der Waals surface area contributed by atoms with E-state index in [1.807, 2.05) is 0 Å². The van der Waals surface area contributed by atoms with Crippen LogP contribution in [-0.2, 0) is 11.9 Å². The largest absolute Gasteiger partial charge is 0.416 e. The van der Waals surface area contributed by atoms with Gasteiger partial charge in [-0.2, -0.15) is 13.2 Å². The van der Waals surface area contributed by atoms with Gasteiger partial charge in [-0.3, -0.25) is 14.6 Å². The van der Waals surface area contributed by atoms with Gasteiger partial charge in [-0.1, -0.05) is 30.0 Å². The Morgan fingerprint density at radius 1 is 1.14 bits per heavy atom. The molecule has 0 aliphatic rings. The molecule has 1 aromatic heterocycles. The minimum Gasteiger partial charge on any atom is -0.322 e. The van der Waals surface area contributed by atoms with Crippen LogP contribution in [0.5, 0.6) is 0 Å². The first-order valence-corrected chi connectivity index (χ1v) is 9.35. The molecule has 3 rings (SSSR count). The standard InChI is InChI=1S/C19H15F3N4O2S/c1-11-16(27)24-18(26-25-11)29-10-12-5-7-13(8-6-12)17(28)23-15-4-2-3-14(9-15)19(20,21)22/h2-9H,10H2,1H3,(H,23,28)(H,24,26,27). The molecular weight excluding hydrogens is 405 g/mol. The Morgan fingerprint density at radius 2 is 1.86 bits per heavy atom. The zero-order valence-corrected chi connectivity index (χ0v) is 15.9. The molecular formula is C19H15F3N4O2S. The van der Waals surface area contributed by atoms with E-state index in [1.165, 1.54) is 23.9 Å². The van der Waals surface area contributed by atoms with Crippen LogP contribution in [0.4, 0.5) is 18.9 Å². The van der Waals surface area contributed by atoms with Gasteiger partial charge in [0, 0.05) is 17.0 Å². The van der Waals surface area contributed by atoms with Crippen molar-refractivity contribution in [2.75, 3.05) is 5.32 Å². The summed E-state index contributed by atoms with van der Waals surface area (Å²) in [5.74, 6) is -0.0271. The van der Waals surface area contributed by atoms with Gasteiger partial charge in [-0.05, 0) is 42.8 Å². The lowest BCUT2D eigenvalue weighted by molar-refractivity contribution is -0.137. The smallest absolute Gasteiger partial charge is 0.322 e. The molecule has 10 heteroatoms. The lowest BCUT2D eigenvalue weighted by Gasteiger charge is -2.10. The number of aromatic amines is 1. The molecule has 0 aliphatic carbocycles. The number of nitrogens with one attached hydrogen (secondary N) is 2. The van der Waals surface area contributed by atoms with Crippen molar-refractivity contribution in [2.24, 2.45) is 0 Å². The summed E-state index contributed by atoms with van der Waals surface area (Å²) in [7, 11) is 0. The third-order valence-electron chi connectivity index (χ3n) is 3.88. The summed E-state index contributed by atoms with van der Waals surface area (Å²) in [6.45, 7) is 1.56. The first-order valence-electron chi connectivity index (χ1n) is 8.36. The number of rotatable bonds is 5. The number of alkyl halides is 3. The van der Waals surface area contributed by atoms with E-state index >= 15 is 0 Å². The molecule has 0 unspecified atom stereocenters. The van der Waals surface area contributed by atoms with E-state index in [4.69, 9.17) is 0 Å². The molecule has 2 N–H and O–H groups in total. The first kappa shape index (κ1) is 20.6. The molecule has 0 aliphatic heterocycles. The number of aromatic nitrogens is 3. The van der Waals surface area contributed by atoms with Crippen molar-refractivity contribution < 1.29 is 18.0 Å². The van der Waals surface area contributed by atoms with Crippen molar-refractivity contribution >= 4 is 23.4 Å². The first-order chi connectivity index (χ1) is 13.7. The third-order valence-corrected chi connectivity index (χ3v) is 4.81. The van der Waals surface area contributed by atoms with Crippen LogP contribution < -0.4 is 10.9 Å². The van der Waals surface area contributed by atoms with E-state index in [0.717, 1.165) is 17.7 Å². The molecule has 0 fully saturated rings. The number of hydrogen-bond acceptors (Lipinski definition) is 5. The van der Waals surface area contributed by atoms with Gasteiger partial charge in [0.25, 0.3) is 11.5 Å². The number of halogens is 3. The van der Waals surface area contributed by atoms with E-state index < -0.39 is 17.6 Å². The molecule has 1 heterocycles. The zero-order valence-electron chi connectivity index (χ0n) is 15.1. The monoisotopic (exact) mass is 420 g/mol. The maximum Gasteiger partial charge on any atom is 0.416 e. The van der Waals surface area contributed by atoms with Gasteiger partial charge in [0.15, 0.2) is 5.16 Å². The number of amides is 1. The van der Waals surface area contributed by atoms with Gasteiger partial charge in [-0.15, -0.1) is 10.2 Å². The average molecular weight is 420 g/mol. The lowest BCUT2D eigenvalue weighted by atomic mass is 10.1. The number of thioether (sulfide) groups is 1. The molecule has 0 bridgehead atoms. The fourth-order valence-corrected chi connectivity index (χ4v) is 3.08. The number of hydrogen-bond donors (Lipinski definition) is 2. The fourth-order valence-electron chi connectivity index (χ4n) is 2.32. The second-order valence-electron chi connectivity index (χ2n) is 6.06. The SMILES string of the molecule is Cc1nnc(SCc2ccc(C(=O)Nc3cccc(C(F)(F)F)c3)cc2)[nH]c1=O. The highest BCUT2D eigenvalue weighted by molar-refractivity contribution is 7.98. The molecule has 0 saturated heterocycles. The fraction of sp³-hybridized carbons (Fsp3) is 0.158. The van der Waals surface area contributed by atoms with Gasteiger partial charge in [0.1, 0.15) is 5.69 Å². The van der Waals surface area contributed by atoms with Crippen LogP contribution in [0.1, 0.15) is 27.2 Å². The quantitative estimate of drug-likeness (QED) is 0.609. The van der Waals surface area contributed by atoms with Crippen molar-refractivity contribution in [3.8, 4) is 0 Å². The lowest BCUT2D eigenvalue weighted by Crippen LogP contribution is -2.14. The normalized spacial score (nSPS) is 11.3. The summed E-state index contributed by atoms with van der Waals surface area (Å²) in [5, 5.41) is 10.5. The van der Waals surface area contributed by atoms with E-state index in [2.05, 4.69) is 20.5 Å². The number of benzene rings is 2. The van der Waals surface area contributed by atoms with Crippen LogP contribution >= 0.6 is 11.8 Å². The van der Waals surface area contributed by atoms with Crippen LogP contribution in [-0.4, -0.2) is 21.1 Å². The molecule has 0 radical (unpaired) electrons. The number of carbonyl (C=O) groups is 1. The minimum absolute atomic E-state index is 0.0614. The minimum atomic E-state index is -4.48. The third kappa shape index (κ3) is 5.44. The highest BCUT2D eigenvalue weighted by atomic mass is 32.2. The number of H-pyrrole nitrogens is 1. The molecule has 1 amide bonds. The summed E-state index contributed by atoms with van der Waals surface area (Å²) in [6.07, 6.45) is -4.48. The van der Waals surface area contributed by atoms with Crippen LogP contribution in [0.3, 0.4) is 0 Å². The van der Waals surface area contributed by atoms with Crippen molar-refractivity contribution in [1.82, 2.24) is 15.2 Å². The molecule has 0 saturated carbocycles. The Kier molecular flexibility index (Phi) is 6.02. The summed E-state index contributed by atoms with van der Waals surface area (Å²) >= 11 is 1.28. The van der Waals surface area contributed by atoms with E-state index in [1.54, 1.807) is 31.2 Å². The van der Waals surface area contributed by atoms with E-state index in [0.29, 0.717) is 16.5 Å². The topological polar surface area (TPSA) is 87.7 Å². The van der Waals surface area contributed by atoms with Gasteiger partial charge < -0.3 is 5.32 Å². The molecule has 3 aromatic rings. The summed E-state index contributed by atoms with van der Waals surface area (Å²) < 4.78 is 38.3. The number of anilines is 1. The Labute approximate surface area is 167 Å². The van der Waals surface area contributed by atoms with Crippen molar-refractivity contribution in [2.45, 2.75) is 24.0 Å². The number of aryl methyl sites for hydroxylation is 1. The maximum atomic E-state index is 12.8. The highest BCUT2D eigenvalue weighted by Crippen LogP contribution is 2.30. The molecule has 0 spiro atoms. The van der Waals surface area contributed by atoms with Crippen LogP contribution in [0.15, 0.2) is 58.5 Å². The molecule has 6 nitrogen and oxygen atoms in total. The van der Waals surface area contributed by atoms with Crippen LogP contribution in [0, 0.1) is 6.92 Å². The van der Waals surface area contributed by atoms with Crippen LogP contribution in [0.2, 0.25) is 0 Å². The Morgan fingerprint density at radius 3 is 2.52 bits per heavy atom. The average Bonchev–Trinajstić information content (AvgIpc) is 2.69. The van der Waals surface area contributed by atoms with Gasteiger partial charge >= 0.3 is 6.18 Å². The number of carbonyl (C=O) groups excluding carboxylic acids is 1. The second-order valence-corrected chi connectivity index (χ2v) is 7.03. The molecule has 29 heavy (non-hydrogen) atoms. The zero-order chi connectivity index (χ0) is 21.0. The summed E-state index contributed by atoms with van der Waals surface area (Å²) in [5.41, 5.74) is 0.384. The van der Waals surface area contributed by atoms with Gasteiger partial charge in [0.05, 0.1) is 5.56 Å². The highest BCUT2D eigenvalue weighted by Gasteiger charge is 2.30. The molecule has 0 atom stereocenters. The Balaban J connectivity index is 1.63. The number of nitrogens with zero attached hydrogens (tertiary/aromatic N) is 2. The van der Waals surface area contributed by atoms with Crippen molar-refractivity contribution in [3.63, 3.8) is 0 Å². The predicted molar refractivity (Wildman–Crippen MR) is 103 cm³/mol. The maximum absolute atomic E-state index is 12.8. The Bertz CT molecular complexity index is 1080. The summed E-state index contributed by atoms with van der Waals surface area (Å²) in [6, 6.07) is 11.0. The predicted octanol–water partition coefficient (Wildman–Crippen LogP) is 4.04. The second kappa shape index (κ2) is 8.48. The molecule has 150 valence electrons. The van der Waals surface area contributed by atoms with E-state index in [9.17, 15) is 22.8 Å². The summed E-state index contributed by atoms with van der Waals surface area (Å²) in [4.78, 5) is 26.4. The molecule has 2 aromatic carbocycles. The van der Waals surface area contributed by atoms with Gasteiger partial charge in [0.2, 0.25) is 0 Å². The van der Waals surface area contributed by atoms with Crippen molar-refractivity contribution in [1.29, 1.82) is 0 Å². The van der Waals surface area contributed by atoms with Crippen molar-refractivity contribution in [3.05, 3.63) is 81.3 Å². The van der Waals surface area contributed by atoms with Crippen LogP contribution in [0.25, 0.3) is 0 Å². The van der Waals surface area contributed by atoms with Gasteiger partial charge in [-0.25, -0.2) is 0 Å². The van der Waals surface area contributed by atoms with E-state index in [-0.39, 0.29) is 16.9 Å².